The zero-order chi connectivity index (χ0) is 3.58. The second-order valence-corrected chi connectivity index (χ2v) is 10.1. The molecule has 0 aliphatic heterocycles. The fourth-order valence-corrected chi connectivity index (χ4v) is 0. The van der Waals surface area contributed by atoms with Crippen LogP contribution in [-0.4, -0.2) is 31.2 Å². The van der Waals surface area contributed by atoms with Gasteiger partial charge in [-0.25, -0.2) is 0 Å². The molecule has 0 fully saturated rings. The molecule has 0 rings (SSSR count). The van der Waals surface area contributed by atoms with Crippen molar-refractivity contribution in [1.82, 2.24) is 0 Å². The van der Waals surface area contributed by atoms with Crippen LogP contribution in [0.1, 0.15) is 0 Å². The zero-order valence-electron chi connectivity index (χ0n) is 4.50. The maximum atomic E-state index is 2.36. The Bertz CT molecular complexity index is 11.6. The van der Waals surface area contributed by atoms with Crippen LogP contribution < -0.4 is 0 Å². The van der Waals surface area contributed by atoms with E-state index in [1.807, 2.05) is 0 Å². The first kappa shape index (κ1) is 9.40. The number of hydrogen-bond donors (Lipinski definition) is 0. The predicted molar refractivity (Wildman–Crippen MR) is 34.7 cm³/mol. The summed E-state index contributed by atoms with van der Waals surface area (Å²) in [5.41, 5.74) is 0. The van der Waals surface area contributed by atoms with Crippen molar-refractivity contribution in [3.63, 3.8) is 0 Å². The summed E-state index contributed by atoms with van der Waals surface area (Å²) in [5, 5.41) is 0. The van der Waals surface area contributed by atoms with E-state index in [-0.39, 0.29) is 11.0 Å². The van der Waals surface area contributed by atoms with Crippen molar-refractivity contribution >= 4 is 31.2 Å². The average molecular weight is 199 g/mol. The van der Waals surface area contributed by atoms with E-state index in [0.29, 0.717) is 0 Å². The smallest absolute Gasteiger partial charge is 0.0125 e. The predicted octanol–water partition coefficient (Wildman–Crippen LogP) is -0.0810. The molecule has 0 spiro atoms. The van der Waals surface area contributed by atoms with Gasteiger partial charge in [-0.3, -0.25) is 0 Å². The van der Waals surface area contributed by atoms with Gasteiger partial charge in [0.15, 0.2) is 0 Å². The van der Waals surface area contributed by atoms with Crippen LogP contribution in [0.4, 0.5) is 0 Å². The van der Waals surface area contributed by atoms with Crippen LogP contribution >= 0.6 is 0 Å². The number of rotatable bonds is 0. The Hall–Kier alpha value is 1.04. The largest absolute Gasteiger partial charge is 0.0125 e. The van der Waals surface area contributed by atoms with Gasteiger partial charge in [-0.05, 0) is 11.0 Å². The Morgan fingerprint density at radius 3 is 1.00 bits per heavy atom. The fraction of sp³-hybridized carbons (Fsp3) is 1.00. The fourth-order valence-electron chi connectivity index (χ4n) is 0. The molecule has 0 aromatic rings. The summed E-state index contributed by atoms with van der Waals surface area (Å²) in [4.78, 5) is 7.09. The minimum absolute atomic E-state index is 0. The molecule has 0 aliphatic rings. The average Bonchev–Trinajstić information content (AvgIpc) is 0.811. The quantitative estimate of drug-likeness (QED) is 0.478. The monoisotopic (exact) mass is 198 g/mol. The van der Waals surface area contributed by atoms with Crippen molar-refractivity contribution < 1.29 is 0 Å². The van der Waals surface area contributed by atoms with Gasteiger partial charge in [-0.2, -0.15) is 0 Å². The molecular weight excluding hydrogens is 186 g/mol. The molecule has 2 heteroatoms. The third-order valence-corrected chi connectivity index (χ3v) is 0. The summed E-state index contributed by atoms with van der Waals surface area (Å²) in [6.45, 7) is 0. The minimum atomic E-state index is -0.543. The van der Waals surface area contributed by atoms with Crippen molar-refractivity contribution in [2.45, 2.75) is 14.6 Å². The summed E-state index contributed by atoms with van der Waals surface area (Å²) < 4.78 is 0. The topological polar surface area (TPSA) is 0 Å². The third-order valence-electron chi connectivity index (χ3n) is 0. The molecule has 0 aromatic carbocycles. The summed E-state index contributed by atoms with van der Waals surface area (Å²) in [7, 11) is 0. The van der Waals surface area contributed by atoms with E-state index in [2.05, 4.69) is 14.6 Å². The Kier molecular flexibility index (Phi) is 9.46. The van der Waals surface area contributed by atoms with Crippen molar-refractivity contribution in [3.05, 3.63) is 0 Å². The summed E-state index contributed by atoms with van der Waals surface area (Å²) in [6, 6.07) is 0. The first-order valence-electron chi connectivity index (χ1n) is 1.50. The molecule has 0 heterocycles. The molecule has 0 aromatic heterocycles. The SMILES string of the molecule is [CH3][SbH]([CH3])[CH3].[SiH3]. The minimum Gasteiger partial charge on any atom is -0.0125 e. The zero-order valence-corrected chi connectivity index (χ0v) is 9.35. The van der Waals surface area contributed by atoms with E-state index < -0.39 is 20.2 Å². The van der Waals surface area contributed by atoms with Crippen LogP contribution in [0.5, 0.6) is 0 Å². The molecule has 0 N–H and O–H groups in total. The van der Waals surface area contributed by atoms with Gasteiger partial charge in [0.05, 0.1) is 0 Å². The van der Waals surface area contributed by atoms with Crippen molar-refractivity contribution in [2.24, 2.45) is 0 Å². The molecule has 0 amide bonds. The second-order valence-electron chi connectivity index (χ2n) is 1.50. The molecule has 0 unspecified atom stereocenters. The maximum Gasteiger partial charge on any atom is -0.0125 e. The van der Waals surface area contributed by atoms with E-state index in [1.165, 1.54) is 0 Å². The maximum absolute atomic E-state index is 2.36. The summed E-state index contributed by atoms with van der Waals surface area (Å²) >= 11 is -0.543. The van der Waals surface area contributed by atoms with E-state index in [1.54, 1.807) is 0 Å². The molecule has 0 aliphatic carbocycles. The van der Waals surface area contributed by atoms with E-state index in [0.717, 1.165) is 0 Å². The molecule has 2 radical (unpaired) electrons. The Labute approximate surface area is 45.9 Å². The Morgan fingerprint density at radius 1 is 1.00 bits per heavy atom. The van der Waals surface area contributed by atoms with Crippen LogP contribution in [0.25, 0.3) is 0 Å². The molecular formula is C3H13SbSi. The van der Waals surface area contributed by atoms with Gasteiger partial charge in [0.25, 0.3) is 0 Å². The molecule has 0 saturated carbocycles. The summed E-state index contributed by atoms with van der Waals surface area (Å²) in [6.07, 6.45) is 0. The molecule has 0 atom stereocenters. The molecule has 0 saturated heterocycles. The van der Waals surface area contributed by atoms with Gasteiger partial charge >= 0.3 is 34.8 Å². The van der Waals surface area contributed by atoms with Crippen LogP contribution in [0.15, 0.2) is 0 Å². The Morgan fingerprint density at radius 2 is 1.00 bits per heavy atom. The normalized spacial score (nSPS) is 7.20. The second kappa shape index (κ2) is 5.04. The molecule has 5 heavy (non-hydrogen) atoms. The van der Waals surface area contributed by atoms with Crippen molar-refractivity contribution in [2.75, 3.05) is 0 Å². The van der Waals surface area contributed by atoms with Crippen LogP contribution in [0.3, 0.4) is 0 Å². The van der Waals surface area contributed by atoms with E-state index >= 15 is 0 Å². The summed E-state index contributed by atoms with van der Waals surface area (Å²) in [5.74, 6) is 0. The van der Waals surface area contributed by atoms with Gasteiger partial charge in [-0.15, -0.1) is 0 Å². The van der Waals surface area contributed by atoms with Crippen molar-refractivity contribution in [1.29, 1.82) is 0 Å². The third kappa shape index (κ3) is 43.3. The molecule has 34 valence electrons. The molecule has 0 bridgehead atoms. The van der Waals surface area contributed by atoms with E-state index in [4.69, 9.17) is 0 Å². The van der Waals surface area contributed by atoms with Crippen LogP contribution in [0.2, 0.25) is 14.6 Å². The van der Waals surface area contributed by atoms with E-state index in [9.17, 15) is 0 Å². The number of hydrogen-bond acceptors (Lipinski definition) is 0. The van der Waals surface area contributed by atoms with Crippen LogP contribution in [-0.2, 0) is 0 Å². The standard InChI is InChI=1S/3CH3.Sb.H3Si.H/h3*1H3;;1H3;. The van der Waals surface area contributed by atoms with Gasteiger partial charge in [0.1, 0.15) is 0 Å². The van der Waals surface area contributed by atoms with Crippen molar-refractivity contribution in [3.8, 4) is 0 Å². The van der Waals surface area contributed by atoms with Gasteiger partial charge in [-0.1, -0.05) is 0 Å². The molecule has 0 nitrogen and oxygen atoms in total. The Balaban J connectivity index is 0. The first-order chi connectivity index (χ1) is 1.73. The van der Waals surface area contributed by atoms with Gasteiger partial charge < -0.3 is 0 Å². The van der Waals surface area contributed by atoms with Gasteiger partial charge in [0.2, 0.25) is 0 Å². The first-order valence-corrected chi connectivity index (χ1v) is 10.1. The van der Waals surface area contributed by atoms with Crippen LogP contribution in [0, 0.1) is 0 Å². The van der Waals surface area contributed by atoms with Gasteiger partial charge in [0, 0.05) is 0 Å².